The van der Waals surface area contributed by atoms with E-state index in [1.807, 2.05) is 0 Å². The minimum atomic E-state index is -4.37. The maximum atomic E-state index is 12.8. The molecular formula is C14H17F3N2O. The van der Waals surface area contributed by atoms with Gasteiger partial charge in [0.15, 0.2) is 0 Å². The molecule has 1 aliphatic heterocycles. The Morgan fingerprint density at radius 2 is 1.85 bits per heavy atom. The van der Waals surface area contributed by atoms with Crippen LogP contribution in [0.1, 0.15) is 17.5 Å². The normalized spacial score (nSPS) is 16.2. The highest BCUT2D eigenvalue weighted by molar-refractivity contribution is 5.76. The second kappa shape index (κ2) is 6.26. The number of benzene rings is 1. The second-order valence-electron chi connectivity index (χ2n) is 4.79. The Labute approximate surface area is 115 Å². The van der Waals surface area contributed by atoms with Crippen LogP contribution < -0.4 is 5.32 Å². The molecule has 6 heteroatoms. The monoisotopic (exact) mass is 286 g/mol. The zero-order chi connectivity index (χ0) is 14.6. The van der Waals surface area contributed by atoms with Crippen LogP contribution in [-0.2, 0) is 17.4 Å². The number of carbonyl (C=O) groups excluding carboxylic acids is 1. The fourth-order valence-corrected chi connectivity index (χ4v) is 2.33. The van der Waals surface area contributed by atoms with Crippen LogP contribution in [0.4, 0.5) is 13.2 Å². The molecule has 1 aromatic rings. The van der Waals surface area contributed by atoms with Crippen molar-refractivity contribution in [3.8, 4) is 0 Å². The van der Waals surface area contributed by atoms with E-state index in [0.29, 0.717) is 13.1 Å². The summed E-state index contributed by atoms with van der Waals surface area (Å²) in [6.07, 6.45) is -4.12. The van der Waals surface area contributed by atoms with E-state index in [0.717, 1.165) is 19.2 Å². The van der Waals surface area contributed by atoms with Crippen molar-refractivity contribution in [1.29, 1.82) is 0 Å². The van der Waals surface area contributed by atoms with E-state index < -0.39 is 11.7 Å². The largest absolute Gasteiger partial charge is 0.416 e. The standard InChI is InChI=1S/C14H17F3N2O/c15-14(16,17)12-4-2-1-3-11(12)5-6-13(20)19-9-7-18-8-10-19/h1-4,18H,5-10H2. The van der Waals surface area contributed by atoms with Gasteiger partial charge in [0, 0.05) is 32.6 Å². The number of alkyl halides is 3. The molecule has 0 bridgehead atoms. The van der Waals surface area contributed by atoms with Crippen molar-refractivity contribution in [1.82, 2.24) is 10.2 Å². The van der Waals surface area contributed by atoms with Gasteiger partial charge in [0.05, 0.1) is 5.56 Å². The quantitative estimate of drug-likeness (QED) is 0.922. The number of piperazine rings is 1. The molecule has 0 atom stereocenters. The molecule has 110 valence electrons. The summed E-state index contributed by atoms with van der Waals surface area (Å²) in [5.41, 5.74) is -0.461. The number of amides is 1. The first kappa shape index (κ1) is 14.8. The van der Waals surface area contributed by atoms with Gasteiger partial charge in [-0.25, -0.2) is 0 Å². The topological polar surface area (TPSA) is 32.3 Å². The molecule has 1 amide bonds. The van der Waals surface area contributed by atoms with Crippen LogP contribution in [0.5, 0.6) is 0 Å². The summed E-state index contributed by atoms with van der Waals surface area (Å²) >= 11 is 0. The van der Waals surface area contributed by atoms with E-state index in [4.69, 9.17) is 0 Å². The zero-order valence-corrected chi connectivity index (χ0v) is 11.0. The van der Waals surface area contributed by atoms with Crippen molar-refractivity contribution in [3.05, 3.63) is 35.4 Å². The fourth-order valence-electron chi connectivity index (χ4n) is 2.33. The van der Waals surface area contributed by atoms with Crippen molar-refractivity contribution in [2.24, 2.45) is 0 Å². The molecule has 3 nitrogen and oxygen atoms in total. The van der Waals surface area contributed by atoms with Gasteiger partial charge in [0.1, 0.15) is 0 Å². The molecule has 1 heterocycles. The van der Waals surface area contributed by atoms with E-state index in [1.54, 1.807) is 11.0 Å². The van der Waals surface area contributed by atoms with Gasteiger partial charge in [0.2, 0.25) is 5.91 Å². The Bertz CT molecular complexity index is 468. The minimum Gasteiger partial charge on any atom is -0.340 e. The lowest BCUT2D eigenvalue weighted by atomic mass is 10.0. The Kier molecular flexibility index (Phi) is 4.65. The summed E-state index contributed by atoms with van der Waals surface area (Å²) < 4.78 is 38.5. The molecule has 0 unspecified atom stereocenters. The molecule has 1 N–H and O–H groups in total. The first-order valence-corrected chi connectivity index (χ1v) is 6.62. The molecule has 0 aromatic heterocycles. The maximum Gasteiger partial charge on any atom is 0.416 e. The van der Waals surface area contributed by atoms with Crippen molar-refractivity contribution >= 4 is 5.91 Å². The predicted molar refractivity (Wildman–Crippen MR) is 69.2 cm³/mol. The number of aryl methyl sites for hydroxylation is 1. The van der Waals surface area contributed by atoms with E-state index in [2.05, 4.69) is 5.32 Å². The average molecular weight is 286 g/mol. The zero-order valence-electron chi connectivity index (χ0n) is 11.0. The van der Waals surface area contributed by atoms with Crippen LogP contribution in [0.25, 0.3) is 0 Å². The molecular weight excluding hydrogens is 269 g/mol. The van der Waals surface area contributed by atoms with Gasteiger partial charge < -0.3 is 10.2 Å². The first-order valence-electron chi connectivity index (χ1n) is 6.62. The van der Waals surface area contributed by atoms with Crippen LogP contribution in [0.2, 0.25) is 0 Å². The molecule has 20 heavy (non-hydrogen) atoms. The molecule has 0 spiro atoms. The summed E-state index contributed by atoms with van der Waals surface area (Å²) in [4.78, 5) is 13.7. The van der Waals surface area contributed by atoms with Crippen LogP contribution in [0, 0.1) is 0 Å². The first-order chi connectivity index (χ1) is 9.48. The molecule has 0 aliphatic carbocycles. The summed E-state index contributed by atoms with van der Waals surface area (Å²) in [6.45, 7) is 2.73. The van der Waals surface area contributed by atoms with Gasteiger partial charge in [-0.3, -0.25) is 4.79 Å². The van der Waals surface area contributed by atoms with E-state index in [9.17, 15) is 18.0 Å². The van der Waals surface area contributed by atoms with E-state index in [-0.39, 0.29) is 24.3 Å². The summed E-state index contributed by atoms with van der Waals surface area (Å²) in [5, 5.41) is 3.13. The van der Waals surface area contributed by atoms with Crippen molar-refractivity contribution in [3.63, 3.8) is 0 Å². The SMILES string of the molecule is O=C(CCc1ccccc1C(F)(F)F)N1CCNCC1. The van der Waals surface area contributed by atoms with Gasteiger partial charge in [0.25, 0.3) is 0 Å². The maximum absolute atomic E-state index is 12.8. The molecule has 1 fully saturated rings. The highest BCUT2D eigenvalue weighted by Gasteiger charge is 2.32. The van der Waals surface area contributed by atoms with Crippen molar-refractivity contribution in [2.45, 2.75) is 19.0 Å². The smallest absolute Gasteiger partial charge is 0.340 e. The molecule has 1 aromatic carbocycles. The lowest BCUT2D eigenvalue weighted by Crippen LogP contribution is -2.46. The lowest BCUT2D eigenvalue weighted by molar-refractivity contribution is -0.138. The number of nitrogens with zero attached hydrogens (tertiary/aromatic N) is 1. The third kappa shape index (κ3) is 3.72. The highest BCUT2D eigenvalue weighted by atomic mass is 19.4. The number of hydrogen-bond donors (Lipinski definition) is 1. The Morgan fingerprint density at radius 1 is 1.20 bits per heavy atom. The lowest BCUT2D eigenvalue weighted by Gasteiger charge is -2.27. The third-order valence-corrected chi connectivity index (χ3v) is 3.40. The summed E-state index contributed by atoms with van der Waals surface area (Å²) in [5.74, 6) is -0.0801. The van der Waals surface area contributed by atoms with E-state index >= 15 is 0 Å². The molecule has 2 rings (SSSR count). The summed E-state index contributed by atoms with van der Waals surface area (Å²) in [7, 11) is 0. The number of carbonyl (C=O) groups is 1. The molecule has 0 radical (unpaired) electrons. The molecule has 1 saturated heterocycles. The number of nitrogens with one attached hydrogen (secondary N) is 1. The number of hydrogen-bond acceptors (Lipinski definition) is 2. The third-order valence-electron chi connectivity index (χ3n) is 3.40. The van der Waals surface area contributed by atoms with Crippen LogP contribution in [-0.4, -0.2) is 37.0 Å². The van der Waals surface area contributed by atoms with E-state index in [1.165, 1.54) is 12.1 Å². The number of halogens is 3. The minimum absolute atomic E-state index is 0.0801. The highest BCUT2D eigenvalue weighted by Crippen LogP contribution is 2.32. The van der Waals surface area contributed by atoms with Gasteiger partial charge in [-0.1, -0.05) is 18.2 Å². The van der Waals surface area contributed by atoms with Crippen LogP contribution >= 0.6 is 0 Å². The van der Waals surface area contributed by atoms with Crippen molar-refractivity contribution < 1.29 is 18.0 Å². The summed E-state index contributed by atoms with van der Waals surface area (Å²) in [6, 6.07) is 5.43. The van der Waals surface area contributed by atoms with Gasteiger partial charge >= 0.3 is 6.18 Å². The molecule has 0 saturated carbocycles. The second-order valence-corrected chi connectivity index (χ2v) is 4.79. The van der Waals surface area contributed by atoms with Gasteiger partial charge in [-0.15, -0.1) is 0 Å². The predicted octanol–water partition coefficient (Wildman–Crippen LogP) is 2.07. The Hall–Kier alpha value is -1.56. The molecule has 1 aliphatic rings. The van der Waals surface area contributed by atoms with Crippen LogP contribution in [0.15, 0.2) is 24.3 Å². The Morgan fingerprint density at radius 3 is 2.50 bits per heavy atom. The van der Waals surface area contributed by atoms with Crippen LogP contribution in [0.3, 0.4) is 0 Å². The number of rotatable bonds is 3. The van der Waals surface area contributed by atoms with Gasteiger partial charge in [-0.05, 0) is 18.1 Å². The fraction of sp³-hybridized carbons (Fsp3) is 0.500. The van der Waals surface area contributed by atoms with Crippen molar-refractivity contribution in [2.75, 3.05) is 26.2 Å². The average Bonchev–Trinajstić information content (AvgIpc) is 2.45. The Balaban J connectivity index is 1.98. The van der Waals surface area contributed by atoms with Gasteiger partial charge in [-0.2, -0.15) is 13.2 Å².